The Labute approximate surface area is 137 Å². The monoisotopic (exact) mass is 319 g/mol. The van der Waals surface area contributed by atoms with Crippen molar-refractivity contribution in [3.63, 3.8) is 0 Å². The van der Waals surface area contributed by atoms with Crippen LogP contribution in [0.5, 0.6) is 0 Å². The van der Waals surface area contributed by atoms with E-state index in [1.165, 1.54) is 0 Å². The highest BCUT2D eigenvalue weighted by Gasteiger charge is 2.14. The number of nitrogens with one attached hydrogen (secondary N) is 1. The van der Waals surface area contributed by atoms with Crippen LogP contribution in [0.15, 0.2) is 0 Å². The number of rotatable bonds is 8. The van der Waals surface area contributed by atoms with Crippen LogP contribution in [0.25, 0.3) is 0 Å². The quantitative estimate of drug-likeness (QED) is 0.580. The van der Waals surface area contributed by atoms with Crippen LogP contribution in [0.1, 0.15) is 37.2 Å². The number of esters is 1. The Morgan fingerprint density at radius 2 is 2.09 bits per heavy atom. The molecular formula is C17H25N3O3. The lowest BCUT2D eigenvalue weighted by atomic mass is 10.1. The number of aromatic nitrogens is 2. The summed E-state index contributed by atoms with van der Waals surface area (Å²) in [5, 5.41) is 6.95. The molecule has 0 spiro atoms. The van der Waals surface area contributed by atoms with E-state index in [9.17, 15) is 9.59 Å². The van der Waals surface area contributed by atoms with Gasteiger partial charge in [0, 0.05) is 18.7 Å². The van der Waals surface area contributed by atoms with Crippen LogP contribution in [0.3, 0.4) is 0 Å². The molecule has 1 aromatic rings. The minimum Gasteiger partial charge on any atom is -0.456 e. The first-order valence-corrected chi connectivity index (χ1v) is 7.73. The van der Waals surface area contributed by atoms with Gasteiger partial charge in [0.1, 0.15) is 0 Å². The molecule has 0 saturated carbocycles. The molecule has 0 saturated heterocycles. The molecule has 126 valence electrons. The second kappa shape index (κ2) is 8.99. The highest BCUT2D eigenvalue weighted by Crippen LogP contribution is 2.16. The van der Waals surface area contributed by atoms with E-state index in [4.69, 9.17) is 11.2 Å². The van der Waals surface area contributed by atoms with Crippen molar-refractivity contribution in [1.29, 1.82) is 0 Å². The van der Waals surface area contributed by atoms with E-state index in [0.29, 0.717) is 12.3 Å². The van der Waals surface area contributed by atoms with Gasteiger partial charge in [-0.05, 0) is 31.7 Å². The standard InChI is InChI=1S/C17H25N3O3/c1-6-9-18-16(21)11-23-17(22)8-7-15-13(4)19-20(14(15)5)10-12(2)3/h1,12H,7-11H2,2-5H3,(H,18,21). The molecule has 0 aliphatic heterocycles. The zero-order valence-electron chi connectivity index (χ0n) is 14.3. The fraction of sp³-hybridized carbons (Fsp3) is 0.588. The Morgan fingerprint density at radius 1 is 1.39 bits per heavy atom. The highest BCUT2D eigenvalue weighted by atomic mass is 16.5. The van der Waals surface area contributed by atoms with E-state index in [1.807, 2.05) is 18.5 Å². The number of hydrogen-bond donors (Lipinski definition) is 1. The Balaban J connectivity index is 2.49. The summed E-state index contributed by atoms with van der Waals surface area (Å²) in [6.07, 6.45) is 5.80. The molecule has 0 fully saturated rings. The van der Waals surface area contributed by atoms with Crippen LogP contribution in [0, 0.1) is 32.1 Å². The molecule has 1 rings (SSSR count). The average molecular weight is 319 g/mol. The summed E-state index contributed by atoms with van der Waals surface area (Å²) >= 11 is 0. The lowest BCUT2D eigenvalue weighted by Gasteiger charge is -2.08. The minimum absolute atomic E-state index is 0.129. The smallest absolute Gasteiger partial charge is 0.306 e. The second-order valence-electron chi connectivity index (χ2n) is 5.87. The molecule has 1 N–H and O–H groups in total. The topological polar surface area (TPSA) is 73.2 Å². The molecule has 23 heavy (non-hydrogen) atoms. The summed E-state index contributed by atoms with van der Waals surface area (Å²) < 4.78 is 6.91. The summed E-state index contributed by atoms with van der Waals surface area (Å²) in [5.74, 6) is 1.98. The van der Waals surface area contributed by atoms with E-state index >= 15 is 0 Å². The van der Waals surface area contributed by atoms with Gasteiger partial charge in [-0.2, -0.15) is 5.10 Å². The van der Waals surface area contributed by atoms with E-state index < -0.39 is 11.9 Å². The molecule has 1 heterocycles. The number of nitrogens with zero attached hydrogens (tertiary/aromatic N) is 2. The normalized spacial score (nSPS) is 10.4. The van der Waals surface area contributed by atoms with Crippen molar-refractivity contribution in [2.24, 2.45) is 5.92 Å². The van der Waals surface area contributed by atoms with Crippen molar-refractivity contribution in [3.8, 4) is 12.3 Å². The third-order valence-corrected chi connectivity index (χ3v) is 3.40. The largest absolute Gasteiger partial charge is 0.456 e. The van der Waals surface area contributed by atoms with E-state index in [1.54, 1.807) is 0 Å². The fourth-order valence-electron chi connectivity index (χ4n) is 2.27. The van der Waals surface area contributed by atoms with Crippen LogP contribution < -0.4 is 5.32 Å². The van der Waals surface area contributed by atoms with Gasteiger partial charge in [0.2, 0.25) is 0 Å². The maximum atomic E-state index is 11.7. The van der Waals surface area contributed by atoms with Gasteiger partial charge in [0.25, 0.3) is 5.91 Å². The molecule has 0 atom stereocenters. The van der Waals surface area contributed by atoms with Gasteiger partial charge >= 0.3 is 5.97 Å². The zero-order chi connectivity index (χ0) is 17.4. The van der Waals surface area contributed by atoms with Crippen LogP contribution in [-0.4, -0.2) is 34.8 Å². The van der Waals surface area contributed by atoms with Crippen molar-refractivity contribution in [3.05, 3.63) is 17.0 Å². The fourth-order valence-corrected chi connectivity index (χ4v) is 2.27. The molecule has 0 aliphatic carbocycles. The molecule has 0 unspecified atom stereocenters. The van der Waals surface area contributed by atoms with E-state index in [2.05, 4.69) is 30.2 Å². The molecule has 0 radical (unpaired) electrons. The lowest BCUT2D eigenvalue weighted by Crippen LogP contribution is -2.29. The van der Waals surface area contributed by atoms with Crippen LogP contribution in [0.4, 0.5) is 0 Å². The molecule has 1 amide bonds. The Bertz CT molecular complexity index is 597. The molecular weight excluding hydrogens is 294 g/mol. The first-order chi connectivity index (χ1) is 10.8. The number of carbonyl (C=O) groups excluding carboxylic acids is 2. The summed E-state index contributed by atoms with van der Waals surface area (Å²) in [6, 6.07) is 0. The molecule has 6 nitrogen and oxygen atoms in total. The van der Waals surface area contributed by atoms with E-state index in [0.717, 1.165) is 23.5 Å². The van der Waals surface area contributed by atoms with Gasteiger partial charge in [-0.3, -0.25) is 14.3 Å². The average Bonchev–Trinajstić information content (AvgIpc) is 2.74. The third kappa shape index (κ3) is 6.15. The number of carbonyl (C=O) groups is 2. The number of aryl methyl sites for hydroxylation is 1. The van der Waals surface area contributed by atoms with Crippen molar-refractivity contribution >= 4 is 11.9 Å². The van der Waals surface area contributed by atoms with Gasteiger partial charge in [-0.25, -0.2) is 0 Å². The van der Waals surface area contributed by atoms with Crippen LogP contribution in [0.2, 0.25) is 0 Å². The number of hydrogen-bond acceptors (Lipinski definition) is 4. The Morgan fingerprint density at radius 3 is 2.70 bits per heavy atom. The maximum Gasteiger partial charge on any atom is 0.306 e. The van der Waals surface area contributed by atoms with Gasteiger partial charge < -0.3 is 10.1 Å². The van der Waals surface area contributed by atoms with Gasteiger partial charge in [0.15, 0.2) is 6.61 Å². The predicted octanol–water partition coefficient (Wildman–Crippen LogP) is 1.38. The first kappa shape index (κ1) is 18.8. The molecule has 1 aromatic heterocycles. The summed E-state index contributed by atoms with van der Waals surface area (Å²) in [6.45, 7) is 8.91. The van der Waals surface area contributed by atoms with Crippen molar-refractivity contribution in [2.45, 2.75) is 47.1 Å². The summed E-state index contributed by atoms with van der Waals surface area (Å²) in [7, 11) is 0. The Hall–Kier alpha value is -2.29. The van der Waals surface area contributed by atoms with Crippen LogP contribution in [-0.2, 0) is 27.3 Å². The van der Waals surface area contributed by atoms with E-state index in [-0.39, 0.29) is 19.6 Å². The van der Waals surface area contributed by atoms with Crippen molar-refractivity contribution in [2.75, 3.05) is 13.2 Å². The van der Waals surface area contributed by atoms with Gasteiger partial charge in [-0.15, -0.1) is 6.42 Å². The van der Waals surface area contributed by atoms with Crippen molar-refractivity contribution in [1.82, 2.24) is 15.1 Å². The van der Waals surface area contributed by atoms with Crippen LogP contribution >= 0.6 is 0 Å². The number of amides is 1. The molecule has 0 aromatic carbocycles. The van der Waals surface area contributed by atoms with Gasteiger partial charge in [-0.1, -0.05) is 19.8 Å². The maximum absolute atomic E-state index is 11.7. The van der Waals surface area contributed by atoms with Gasteiger partial charge in [0.05, 0.1) is 12.2 Å². The van der Waals surface area contributed by atoms with Crippen molar-refractivity contribution < 1.29 is 14.3 Å². The molecule has 0 bridgehead atoms. The predicted molar refractivity (Wildman–Crippen MR) is 87.7 cm³/mol. The molecule has 0 aliphatic rings. The zero-order valence-corrected chi connectivity index (χ0v) is 14.3. The molecule has 6 heteroatoms. The first-order valence-electron chi connectivity index (χ1n) is 7.73. The minimum atomic E-state index is -0.406. The SMILES string of the molecule is C#CCNC(=O)COC(=O)CCc1c(C)nn(CC(C)C)c1C. The summed E-state index contributed by atoms with van der Waals surface area (Å²) in [4.78, 5) is 23.0. The highest BCUT2D eigenvalue weighted by molar-refractivity contribution is 5.80. The lowest BCUT2D eigenvalue weighted by molar-refractivity contribution is -0.148. The Kier molecular flexibility index (Phi) is 7.33. The number of ether oxygens (including phenoxy) is 1. The number of terminal acetylenes is 1. The second-order valence-corrected chi connectivity index (χ2v) is 5.87. The summed E-state index contributed by atoms with van der Waals surface area (Å²) in [5.41, 5.74) is 3.08. The third-order valence-electron chi connectivity index (χ3n) is 3.40.